The van der Waals surface area contributed by atoms with Crippen molar-refractivity contribution < 1.29 is 21.0 Å². The number of aromatic nitrogens is 1. The SMILES string of the molecule is NS(=O)(=O)Oc1ccc2nc(S(N)(=O)=O)sc2c1. The van der Waals surface area contributed by atoms with Crippen molar-refractivity contribution in [3.05, 3.63) is 18.2 Å². The summed E-state index contributed by atoms with van der Waals surface area (Å²) in [5.74, 6) is -0.0328. The molecule has 1 aromatic heterocycles. The zero-order valence-corrected chi connectivity index (χ0v) is 11.0. The molecule has 2 rings (SSSR count). The maximum atomic E-state index is 11.1. The Morgan fingerprint density at radius 2 is 1.83 bits per heavy atom. The molecule has 0 aliphatic carbocycles. The van der Waals surface area contributed by atoms with Gasteiger partial charge in [0.1, 0.15) is 5.75 Å². The first kappa shape index (κ1) is 13.2. The molecule has 0 unspecified atom stereocenters. The second kappa shape index (κ2) is 4.13. The highest BCUT2D eigenvalue weighted by Crippen LogP contribution is 2.28. The monoisotopic (exact) mass is 309 g/mol. The first-order valence-corrected chi connectivity index (χ1v) is 8.14. The molecule has 0 saturated heterocycles. The van der Waals surface area contributed by atoms with Crippen molar-refractivity contribution in [2.45, 2.75) is 4.34 Å². The average molecular weight is 309 g/mol. The summed E-state index contributed by atoms with van der Waals surface area (Å²) >= 11 is 0.805. The number of primary sulfonamides is 1. The first-order chi connectivity index (χ1) is 8.15. The second-order valence-corrected chi connectivity index (χ2v) is 7.15. The van der Waals surface area contributed by atoms with E-state index >= 15 is 0 Å². The van der Waals surface area contributed by atoms with Crippen molar-refractivity contribution in [2.24, 2.45) is 10.3 Å². The number of nitrogens with two attached hydrogens (primary N) is 2. The Labute approximate surface area is 106 Å². The molecule has 1 heterocycles. The van der Waals surface area contributed by atoms with E-state index in [1.807, 2.05) is 0 Å². The van der Waals surface area contributed by atoms with Crippen molar-refractivity contribution in [1.29, 1.82) is 0 Å². The molecule has 0 fully saturated rings. The third kappa shape index (κ3) is 2.94. The van der Waals surface area contributed by atoms with Crippen LogP contribution >= 0.6 is 11.3 Å². The molecular formula is C7H7N3O5S3. The average Bonchev–Trinajstić information content (AvgIpc) is 2.57. The number of hydrogen-bond donors (Lipinski definition) is 2. The highest BCUT2D eigenvalue weighted by Gasteiger charge is 2.15. The van der Waals surface area contributed by atoms with Crippen LogP contribution in [0.5, 0.6) is 5.75 Å². The number of rotatable bonds is 3. The predicted molar refractivity (Wildman–Crippen MR) is 64.7 cm³/mol. The summed E-state index contributed by atoms with van der Waals surface area (Å²) in [6, 6.07) is 4.02. The van der Waals surface area contributed by atoms with Gasteiger partial charge >= 0.3 is 10.3 Å². The van der Waals surface area contributed by atoms with Crippen molar-refractivity contribution in [1.82, 2.24) is 4.98 Å². The van der Waals surface area contributed by atoms with E-state index in [2.05, 4.69) is 9.17 Å². The fourth-order valence-corrected chi connectivity index (χ4v) is 3.25. The van der Waals surface area contributed by atoms with Gasteiger partial charge in [0.25, 0.3) is 10.0 Å². The number of sulfonamides is 1. The molecule has 0 amide bonds. The van der Waals surface area contributed by atoms with E-state index in [0.29, 0.717) is 10.2 Å². The Morgan fingerprint density at radius 1 is 1.17 bits per heavy atom. The summed E-state index contributed by atoms with van der Waals surface area (Å²) in [5, 5.41) is 9.64. The molecule has 0 radical (unpaired) electrons. The molecule has 11 heteroatoms. The molecule has 0 bridgehead atoms. The first-order valence-electron chi connectivity index (χ1n) is 4.31. The topological polar surface area (TPSA) is 142 Å². The number of thiazole rings is 1. The molecule has 2 aromatic rings. The van der Waals surface area contributed by atoms with Gasteiger partial charge in [-0.1, -0.05) is 0 Å². The van der Waals surface area contributed by atoms with E-state index in [1.165, 1.54) is 18.2 Å². The van der Waals surface area contributed by atoms with Gasteiger partial charge in [0.2, 0.25) is 4.34 Å². The Morgan fingerprint density at radius 3 is 2.39 bits per heavy atom. The van der Waals surface area contributed by atoms with Crippen LogP contribution in [0.2, 0.25) is 0 Å². The summed E-state index contributed by atoms with van der Waals surface area (Å²) in [6.45, 7) is 0. The van der Waals surface area contributed by atoms with Gasteiger partial charge in [0.05, 0.1) is 10.2 Å². The molecule has 4 N–H and O–H groups in total. The zero-order chi connectivity index (χ0) is 13.6. The van der Waals surface area contributed by atoms with Gasteiger partial charge in [-0.2, -0.15) is 13.6 Å². The van der Waals surface area contributed by atoms with Gasteiger partial charge in [-0.3, -0.25) is 0 Å². The van der Waals surface area contributed by atoms with Crippen molar-refractivity contribution in [3.8, 4) is 5.75 Å². The van der Waals surface area contributed by atoms with E-state index < -0.39 is 20.3 Å². The number of nitrogens with zero attached hydrogens (tertiary/aromatic N) is 1. The van der Waals surface area contributed by atoms with Gasteiger partial charge < -0.3 is 4.18 Å². The van der Waals surface area contributed by atoms with Gasteiger partial charge in [-0.25, -0.2) is 18.5 Å². The number of benzene rings is 1. The third-order valence-electron chi connectivity index (χ3n) is 1.80. The lowest BCUT2D eigenvalue weighted by Crippen LogP contribution is -2.18. The molecule has 0 spiro atoms. The van der Waals surface area contributed by atoms with E-state index in [0.717, 1.165) is 11.3 Å². The van der Waals surface area contributed by atoms with Crippen LogP contribution in [-0.4, -0.2) is 21.8 Å². The molecule has 0 aliphatic rings. The maximum absolute atomic E-state index is 11.1. The summed E-state index contributed by atoms with van der Waals surface area (Å²) in [6.07, 6.45) is 0. The fraction of sp³-hybridized carbons (Fsp3) is 0. The minimum Gasteiger partial charge on any atom is -0.371 e. The van der Waals surface area contributed by atoms with E-state index in [9.17, 15) is 16.8 Å². The molecule has 1 aromatic carbocycles. The predicted octanol–water partition coefficient (Wildman–Crippen LogP) is -0.474. The Hall–Kier alpha value is -1.27. The van der Waals surface area contributed by atoms with Gasteiger partial charge in [-0.15, -0.1) is 11.3 Å². The standard InChI is InChI=1S/C7H7N3O5S3/c8-17(11,12)7-10-5-2-1-4(3-6(5)16-7)15-18(9,13)14/h1-3H,(H2,8,11,12)(H2,9,13,14). The van der Waals surface area contributed by atoms with Crippen molar-refractivity contribution in [2.75, 3.05) is 0 Å². The van der Waals surface area contributed by atoms with Crippen LogP contribution in [0.25, 0.3) is 10.2 Å². The van der Waals surface area contributed by atoms with Gasteiger partial charge in [0.15, 0.2) is 0 Å². The van der Waals surface area contributed by atoms with Crippen LogP contribution in [0.1, 0.15) is 0 Å². The van der Waals surface area contributed by atoms with E-state index in [4.69, 9.17) is 10.3 Å². The van der Waals surface area contributed by atoms with Gasteiger partial charge in [0, 0.05) is 6.07 Å². The smallest absolute Gasteiger partial charge is 0.371 e. The molecule has 0 saturated carbocycles. The Kier molecular flexibility index (Phi) is 3.03. The summed E-state index contributed by atoms with van der Waals surface area (Å²) in [7, 11) is -8.02. The summed E-state index contributed by atoms with van der Waals surface area (Å²) < 4.78 is 48.3. The molecule has 18 heavy (non-hydrogen) atoms. The third-order valence-corrected chi connectivity index (χ3v) is 4.56. The van der Waals surface area contributed by atoms with E-state index in [1.54, 1.807) is 0 Å². The molecule has 0 atom stereocenters. The molecule has 98 valence electrons. The normalized spacial score (nSPS) is 12.8. The lowest BCUT2D eigenvalue weighted by Gasteiger charge is -2.00. The van der Waals surface area contributed by atoms with Gasteiger partial charge in [-0.05, 0) is 12.1 Å². The van der Waals surface area contributed by atoms with Crippen LogP contribution in [0.3, 0.4) is 0 Å². The highest BCUT2D eigenvalue weighted by atomic mass is 32.2. The number of fused-ring (bicyclic) bond motifs is 1. The number of hydrogen-bond acceptors (Lipinski definition) is 7. The largest absolute Gasteiger partial charge is 0.380 e. The lowest BCUT2D eigenvalue weighted by atomic mass is 10.3. The maximum Gasteiger partial charge on any atom is 0.380 e. The van der Waals surface area contributed by atoms with Crippen LogP contribution in [0.4, 0.5) is 0 Å². The fourth-order valence-electron chi connectivity index (χ4n) is 1.19. The highest BCUT2D eigenvalue weighted by molar-refractivity contribution is 7.91. The quantitative estimate of drug-likeness (QED) is 0.784. The van der Waals surface area contributed by atoms with Crippen LogP contribution in [0, 0.1) is 0 Å². The van der Waals surface area contributed by atoms with Crippen molar-refractivity contribution >= 4 is 41.9 Å². The Balaban J connectivity index is 2.53. The molecule has 8 nitrogen and oxygen atoms in total. The molecular weight excluding hydrogens is 302 g/mol. The zero-order valence-electron chi connectivity index (χ0n) is 8.60. The van der Waals surface area contributed by atoms with Crippen LogP contribution in [0.15, 0.2) is 22.5 Å². The lowest BCUT2D eigenvalue weighted by molar-refractivity contribution is 0.488. The minimum atomic E-state index is -4.13. The molecule has 0 aliphatic heterocycles. The second-order valence-electron chi connectivity index (χ2n) is 3.23. The van der Waals surface area contributed by atoms with Crippen LogP contribution < -0.4 is 14.5 Å². The van der Waals surface area contributed by atoms with Crippen molar-refractivity contribution in [3.63, 3.8) is 0 Å². The minimum absolute atomic E-state index is 0.0328. The Bertz CT molecular complexity index is 808. The summed E-state index contributed by atoms with van der Waals surface area (Å²) in [5.41, 5.74) is 0.366. The van der Waals surface area contributed by atoms with E-state index in [-0.39, 0.29) is 10.1 Å². The van der Waals surface area contributed by atoms with Crippen LogP contribution in [-0.2, 0) is 20.3 Å². The summed E-state index contributed by atoms with van der Waals surface area (Å²) in [4.78, 5) is 3.79.